The van der Waals surface area contributed by atoms with Crippen LogP contribution in [0.3, 0.4) is 0 Å². The first-order chi connectivity index (χ1) is 12.3. The summed E-state index contributed by atoms with van der Waals surface area (Å²) in [5, 5.41) is 4.28. The molecule has 2 aliphatic heterocycles. The highest BCUT2D eigenvalue weighted by Crippen LogP contribution is 2.42. The van der Waals surface area contributed by atoms with Gasteiger partial charge in [0.1, 0.15) is 0 Å². The third-order valence-corrected chi connectivity index (χ3v) is 5.60. The van der Waals surface area contributed by atoms with Crippen molar-refractivity contribution in [3.63, 3.8) is 0 Å². The fourth-order valence-corrected chi connectivity index (χ4v) is 4.21. The van der Waals surface area contributed by atoms with E-state index in [9.17, 15) is 0 Å². The van der Waals surface area contributed by atoms with E-state index in [-0.39, 0.29) is 5.41 Å². The van der Waals surface area contributed by atoms with E-state index in [1.54, 1.807) is 0 Å². The van der Waals surface area contributed by atoms with E-state index in [0.717, 1.165) is 68.9 Å². The van der Waals surface area contributed by atoms with E-state index in [4.69, 9.17) is 21.3 Å². The van der Waals surface area contributed by atoms with Crippen molar-refractivity contribution in [2.75, 3.05) is 44.3 Å². The zero-order chi connectivity index (χ0) is 17.1. The zero-order valence-corrected chi connectivity index (χ0v) is 15.0. The molecule has 2 fully saturated rings. The average molecular weight is 359 g/mol. The summed E-state index contributed by atoms with van der Waals surface area (Å²) < 4.78 is 5.45. The molecule has 0 radical (unpaired) electrons. The van der Waals surface area contributed by atoms with Crippen molar-refractivity contribution < 1.29 is 4.74 Å². The Bertz CT molecular complexity index is 727. The molecule has 1 aromatic heterocycles. The molecule has 2 saturated heterocycles. The summed E-state index contributed by atoms with van der Waals surface area (Å²) in [4.78, 5) is 11.7. The average Bonchev–Trinajstić information content (AvgIpc) is 2.70. The first-order valence-electron chi connectivity index (χ1n) is 8.91. The van der Waals surface area contributed by atoms with Gasteiger partial charge in [0, 0.05) is 29.7 Å². The number of benzene rings is 1. The first kappa shape index (κ1) is 16.8. The quantitative estimate of drug-likeness (QED) is 0.914. The Morgan fingerprint density at radius 3 is 2.60 bits per heavy atom. The van der Waals surface area contributed by atoms with Gasteiger partial charge in [0.15, 0.2) is 0 Å². The van der Waals surface area contributed by atoms with Crippen molar-refractivity contribution in [3.05, 3.63) is 52.8 Å². The molecule has 3 heterocycles. The molecule has 132 valence electrons. The van der Waals surface area contributed by atoms with E-state index < -0.39 is 0 Å². The maximum absolute atomic E-state index is 6.59. The van der Waals surface area contributed by atoms with Crippen molar-refractivity contribution >= 4 is 17.5 Å². The molecular weight excluding hydrogens is 336 g/mol. The van der Waals surface area contributed by atoms with Crippen LogP contribution in [0.15, 0.2) is 36.5 Å². The Hall–Kier alpha value is -1.69. The summed E-state index contributed by atoms with van der Waals surface area (Å²) in [6.07, 6.45) is 3.85. The summed E-state index contributed by atoms with van der Waals surface area (Å²) in [5.41, 5.74) is 2.08. The van der Waals surface area contributed by atoms with Crippen LogP contribution in [0.4, 0.5) is 5.95 Å². The Labute approximate surface area is 153 Å². The molecule has 25 heavy (non-hydrogen) atoms. The number of hydrogen-bond donors (Lipinski definition) is 1. The van der Waals surface area contributed by atoms with Gasteiger partial charge < -0.3 is 15.0 Å². The van der Waals surface area contributed by atoms with Gasteiger partial charge in [-0.3, -0.25) is 0 Å². The molecule has 0 atom stereocenters. The van der Waals surface area contributed by atoms with Crippen LogP contribution in [-0.4, -0.2) is 49.4 Å². The van der Waals surface area contributed by atoms with Crippen molar-refractivity contribution in [3.8, 4) is 0 Å². The molecule has 6 heteroatoms. The Morgan fingerprint density at radius 2 is 1.84 bits per heavy atom. The van der Waals surface area contributed by atoms with Crippen LogP contribution < -0.4 is 10.2 Å². The number of anilines is 1. The topological polar surface area (TPSA) is 50.3 Å². The Morgan fingerprint density at radius 1 is 1.08 bits per heavy atom. The zero-order valence-electron chi connectivity index (χ0n) is 14.2. The normalized spacial score (nSPS) is 20.4. The van der Waals surface area contributed by atoms with Crippen LogP contribution in [0.5, 0.6) is 0 Å². The smallest absolute Gasteiger partial charge is 0.225 e. The predicted molar refractivity (Wildman–Crippen MR) is 99.4 cm³/mol. The van der Waals surface area contributed by atoms with Gasteiger partial charge in [0.2, 0.25) is 5.95 Å². The van der Waals surface area contributed by atoms with Crippen LogP contribution >= 0.6 is 11.6 Å². The number of nitrogens with zero attached hydrogens (tertiary/aromatic N) is 3. The minimum absolute atomic E-state index is 0.159. The van der Waals surface area contributed by atoms with Crippen LogP contribution in [0, 0.1) is 0 Å². The second-order valence-electron chi connectivity index (χ2n) is 6.65. The highest BCUT2D eigenvalue weighted by Gasteiger charge is 2.39. The van der Waals surface area contributed by atoms with Crippen molar-refractivity contribution in [2.24, 2.45) is 0 Å². The van der Waals surface area contributed by atoms with Crippen molar-refractivity contribution in [2.45, 2.75) is 18.3 Å². The Balaban J connectivity index is 1.76. The molecule has 1 aromatic carbocycles. The van der Waals surface area contributed by atoms with E-state index >= 15 is 0 Å². The number of aromatic nitrogens is 2. The van der Waals surface area contributed by atoms with Crippen LogP contribution in [0.25, 0.3) is 0 Å². The van der Waals surface area contributed by atoms with Gasteiger partial charge >= 0.3 is 0 Å². The lowest BCUT2D eigenvalue weighted by atomic mass is 9.70. The SMILES string of the molecule is Clc1ccccc1C1(c2ccnc(N3CCOCC3)n2)CCNCC1. The van der Waals surface area contributed by atoms with E-state index in [1.165, 1.54) is 5.56 Å². The van der Waals surface area contributed by atoms with Gasteiger partial charge in [-0.25, -0.2) is 9.97 Å². The number of piperidine rings is 1. The molecule has 0 aliphatic carbocycles. The van der Waals surface area contributed by atoms with E-state index in [2.05, 4.69) is 33.4 Å². The first-order valence-corrected chi connectivity index (χ1v) is 9.29. The number of nitrogens with one attached hydrogen (secondary N) is 1. The maximum Gasteiger partial charge on any atom is 0.225 e. The van der Waals surface area contributed by atoms with Gasteiger partial charge in [-0.05, 0) is 43.6 Å². The second kappa shape index (κ2) is 7.28. The minimum Gasteiger partial charge on any atom is -0.378 e. The van der Waals surface area contributed by atoms with Gasteiger partial charge in [0.05, 0.1) is 18.9 Å². The summed E-state index contributed by atoms with van der Waals surface area (Å²) >= 11 is 6.59. The van der Waals surface area contributed by atoms with Crippen molar-refractivity contribution in [1.29, 1.82) is 0 Å². The third kappa shape index (κ3) is 3.24. The van der Waals surface area contributed by atoms with Crippen LogP contribution in [0.2, 0.25) is 5.02 Å². The summed E-state index contributed by atoms with van der Waals surface area (Å²) in [5.74, 6) is 0.797. The lowest BCUT2D eigenvalue weighted by molar-refractivity contribution is 0.122. The van der Waals surface area contributed by atoms with E-state index in [0.29, 0.717) is 0 Å². The molecule has 0 bridgehead atoms. The summed E-state index contributed by atoms with van der Waals surface area (Å²) in [6.45, 7) is 5.05. The molecule has 0 amide bonds. The molecule has 0 unspecified atom stereocenters. The molecule has 4 rings (SSSR count). The predicted octanol–water partition coefficient (Wildman–Crippen LogP) is 2.64. The fourth-order valence-electron chi connectivity index (χ4n) is 3.90. The number of morpholine rings is 1. The molecule has 0 spiro atoms. The molecule has 1 N–H and O–H groups in total. The molecule has 2 aliphatic rings. The molecule has 2 aromatic rings. The van der Waals surface area contributed by atoms with Gasteiger partial charge in [-0.15, -0.1) is 0 Å². The monoisotopic (exact) mass is 358 g/mol. The highest BCUT2D eigenvalue weighted by molar-refractivity contribution is 6.31. The highest BCUT2D eigenvalue weighted by atomic mass is 35.5. The van der Waals surface area contributed by atoms with Gasteiger partial charge in [-0.1, -0.05) is 29.8 Å². The van der Waals surface area contributed by atoms with Crippen molar-refractivity contribution in [1.82, 2.24) is 15.3 Å². The van der Waals surface area contributed by atoms with E-state index in [1.807, 2.05) is 18.3 Å². The maximum atomic E-state index is 6.59. The number of ether oxygens (including phenoxy) is 1. The standard InChI is InChI=1S/C19H23ClN4O/c20-16-4-2-1-3-15(16)19(6-9-21-10-7-19)17-5-8-22-18(23-17)24-11-13-25-14-12-24/h1-5,8,21H,6-7,9-14H2. The van der Waals surface area contributed by atoms with Gasteiger partial charge in [-0.2, -0.15) is 0 Å². The number of halogens is 1. The summed E-state index contributed by atoms with van der Waals surface area (Å²) in [6, 6.07) is 10.2. The number of rotatable bonds is 3. The van der Waals surface area contributed by atoms with Gasteiger partial charge in [0.25, 0.3) is 0 Å². The third-order valence-electron chi connectivity index (χ3n) is 5.27. The second-order valence-corrected chi connectivity index (χ2v) is 7.06. The fraction of sp³-hybridized carbons (Fsp3) is 0.474. The molecular formula is C19H23ClN4O. The molecule has 0 saturated carbocycles. The number of hydrogen-bond acceptors (Lipinski definition) is 5. The van der Waals surface area contributed by atoms with Crippen LogP contribution in [-0.2, 0) is 10.2 Å². The minimum atomic E-state index is -0.159. The lowest BCUT2D eigenvalue weighted by Crippen LogP contribution is -2.42. The largest absolute Gasteiger partial charge is 0.378 e. The molecule has 5 nitrogen and oxygen atoms in total. The lowest BCUT2D eigenvalue weighted by Gasteiger charge is -2.39. The summed E-state index contributed by atoms with van der Waals surface area (Å²) in [7, 11) is 0. The van der Waals surface area contributed by atoms with Crippen LogP contribution in [0.1, 0.15) is 24.1 Å². The Kier molecular flexibility index (Phi) is 4.88.